The van der Waals surface area contributed by atoms with Crippen molar-refractivity contribution in [1.82, 2.24) is 15.2 Å². The minimum Gasteiger partial charge on any atom is -0.350 e. The predicted octanol–water partition coefficient (Wildman–Crippen LogP) is 2.76. The fourth-order valence-electron chi connectivity index (χ4n) is 1.86. The lowest BCUT2D eigenvalue weighted by atomic mass is 10.3. The van der Waals surface area contributed by atoms with Crippen LogP contribution in [0.25, 0.3) is 0 Å². The standard InChI is InChI=1S/C14H20N4S2/c1-11-10-20-13(17-11)9-16-14(15-2)18(3)7-6-12-5-4-8-19-12/h4-5,8,10H,6-7,9H2,1-3H3,(H,15,16). The molecule has 0 aliphatic heterocycles. The molecule has 0 aliphatic carbocycles. The number of aromatic nitrogens is 1. The summed E-state index contributed by atoms with van der Waals surface area (Å²) in [5, 5.41) is 8.64. The van der Waals surface area contributed by atoms with Gasteiger partial charge in [0.25, 0.3) is 0 Å². The Bertz CT molecular complexity index is 545. The van der Waals surface area contributed by atoms with Crippen molar-refractivity contribution < 1.29 is 0 Å². The summed E-state index contributed by atoms with van der Waals surface area (Å²) in [6.07, 6.45) is 1.05. The summed E-state index contributed by atoms with van der Waals surface area (Å²) in [6.45, 7) is 3.70. The molecule has 4 nitrogen and oxygen atoms in total. The van der Waals surface area contributed by atoms with Crippen LogP contribution in [0.5, 0.6) is 0 Å². The second-order valence-corrected chi connectivity index (χ2v) is 6.51. The molecule has 0 radical (unpaired) electrons. The Morgan fingerprint density at radius 1 is 1.45 bits per heavy atom. The summed E-state index contributed by atoms with van der Waals surface area (Å²) in [4.78, 5) is 12.3. The van der Waals surface area contributed by atoms with Gasteiger partial charge in [-0.05, 0) is 24.8 Å². The van der Waals surface area contributed by atoms with E-state index in [-0.39, 0.29) is 0 Å². The molecular formula is C14H20N4S2. The van der Waals surface area contributed by atoms with Gasteiger partial charge in [0.15, 0.2) is 5.96 Å². The Kier molecular flexibility index (Phi) is 5.55. The minimum atomic E-state index is 0.731. The second-order valence-electron chi connectivity index (χ2n) is 4.53. The molecule has 0 unspecified atom stereocenters. The highest BCUT2D eigenvalue weighted by Gasteiger charge is 2.07. The van der Waals surface area contributed by atoms with Gasteiger partial charge in [-0.25, -0.2) is 4.98 Å². The number of hydrogen-bond donors (Lipinski definition) is 1. The Hall–Kier alpha value is -1.40. The number of guanidine groups is 1. The zero-order chi connectivity index (χ0) is 14.4. The van der Waals surface area contributed by atoms with Crippen molar-refractivity contribution in [1.29, 1.82) is 0 Å². The number of thiazole rings is 1. The lowest BCUT2D eigenvalue weighted by Gasteiger charge is -2.21. The van der Waals surface area contributed by atoms with Gasteiger partial charge in [0.05, 0.1) is 6.54 Å². The van der Waals surface area contributed by atoms with E-state index in [1.807, 2.05) is 14.0 Å². The van der Waals surface area contributed by atoms with Crippen molar-refractivity contribution in [3.63, 3.8) is 0 Å². The summed E-state index contributed by atoms with van der Waals surface area (Å²) in [5.74, 6) is 0.911. The third kappa shape index (κ3) is 4.31. The van der Waals surface area contributed by atoms with Crippen LogP contribution >= 0.6 is 22.7 Å². The molecule has 0 aliphatic rings. The van der Waals surface area contributed by atoms with E-state index in [0.717, 1.165) is 36.2 Å². The minimum absolute atomic E-state index is 0.731. The van der Waals surface area contributed by atoms with E-state index < -0.39 is 0 Å². The summed E-state index contributed by atoms with van der Waals surface area (Å²) in [6, 6.07) is 4.27. The third-order valence-corrected chi connectivity index (χ3v) is 4.81. The predicted molar refractivity (Wildman–Crippen MR) is 87.7 cm³/mol. The highest BCUT2D eigenvalue weighted by molar-refractivity contribution is 7.10. The van der Waals surface area contributed by atoms with Crippen molar-refractivity contribution in [3.8, 4) is 0 Å². The van der Waals surface area contributed by atoms with E-state index in [9.17, 15) is 0 Å². The van der Waals surface area contributed by atoms with Crippen LogP contribution in [0.3, 0.4) is 0 Å². The topological polar surface area (TPSA) is 40.5 Å². The van der Waals surface area contributed by atoms with Gasteiger partial charge in [-0.3, -0.25) is 4.99 Å². The fourth-order valence-corrected chi connectivity index (χ4v) is 3.27. The maximum Gasteiger partial charge on any atom is 0.193 e. The number of aliphatic imine (C=N–C) groups is 1. The largest absolute Gasteiger partial charge is 0.350 e. The molecule has 0 saturated heterocycles. The monoisotopic (exact) mass is 308 g/mol. The third-order valence-electron chi connectivity index (χ3n) is 2.91. The first kappa shape index (κ1) is 15.0. The first-order valence-corrected chi connectivity index (χ1v) is 8.30. The number of nitrogens with one attached hydrogen (secondary N) is 1. The zero-order valence-electron chi connectivity index (χ0n) is 12.1. The molecule has 2 heterocycles. The molecule has 2 rings (SSSR count). The van der Waals surface area contributed by atoms with Gasteiger partial charge in [0.2, 0.25) is 0 Å². The van der Waals surface area contributed by atoms with Crippen LogP contribution in [0.15, 0.2) is 27.9 Å². The fraction of sp³-hybridized carbons (Fsp3) is 0.429. The van der Waals surface area contributed by atoms with Gasteiger partial charge in [0.1, 0.15) is 5.01 Å². The lowest BCUT2D eigenvalue weighted by Crippen LogP contribution is -2.39. The lowest BCUT2D eigenvalue weighted by molar-refractivity contribution is 0.486. The molecule has 6 heteroatoms. The van der Waals surface area contributed by atoms with Crippen LogP contribution in [0.1, 0.15) is 15.6 Å². The molecule has 0 atom stereocenters. The molecule has 0 fully saturated rings. The molecule has 2 aromatic heterocycles. The summed E-state index contributed by atoms with van der Waals surface area (Å²) < 4.78 is 0. The summed E-state index contributed by atoms with van der Waals surface area (Å²) in [7, 11) is 3.88. The Balaban J connectivity index is 1.81. The Morgan fingerprint density at radius 3 is 2.90 bits per heavy atom. The van der Waals surface area contributed by atoms with Crippen molar-refractivity contribution in [3.05, 3.63) is 38.5 Å². The van der Waals surface area contributed by atoms with Gasteiger partial charge >= 0.3 is 0 Å². The normalized spacial score (nSPS) is 11.7. The Labute approximate surface area is 128 Å². The molecule has 2 aromatic rings. The molecule has 0 bridgehead atoms. The number of likely N-dealkylation sites (N-methyl/N-ethyl adjacent to an activating group) is 1. The quantitative estimate of drug-likeness (QED) is 0.682. The number of hydrogen-bond acceptors (Lipinski definition) is 4. The van der Waals surface area contributed by atoms with E-state index in [1.165, 1.54) is 4.88 Å². The number of aryl methyl sites for hydroxylation is 1. The number of nitrogens with zero attached hydrogens (tertiary/aromatic N) is 3. The molecule has 1 N–H and O–H groups in total. The van der Waals surface area contributed by atoms with Crippen molar-refractivity contribution in [2.24, 2.45) is 4.99 Å². The average Bonchev–Trinajstić information content (AvgIpc) is 3.08. The van der Waals surface area contributed by atoms with Crippen LogP contribution < -0.4 is 5.32 Å². The summed E-state index contributed by atoms with van der Waals surface area (Å²) >= 11 is 3.48. The van der Waals surface area contributed by atoms with E-state index in [0.29, 0.717) is 0 Å². The van der Waals surface area contributed by atoms with Crippen LogP contribution in [-0.4, -0.2) is 36.5 Å². The van der Waals surface area contributed by atoms with Crippen LogP contribution in [0.4, 0.5) is 0 Å². The molecule has 0 aromatic carbocycles. The van der Waals surface area contributed by atoms with Gasteiger partial charge in [-0.1, -0.05) is 6.07 Å². The second kappa shape index (κ2) is 7.40. The number of thiophene rings is 1. The van der Waals surface area contributed by atoms with Crippen LogP contribution in [0.2, 0.25) is 0 Å². The van der Waals surface area contributed by atoms with Crippen LogP contribution in [-0.2, 0) is 13.0 Å². The molecule has 20 heavy (non-hydrogen) atoms. The smallest absolute Gasteiger partial charge is 0.193 e. The summed E-state index contributed by atoms with van der Waals surface area (Å²) in [5.41, 5.74) is 1.08. The maximum atomic E-state index is 4.45. The van der Waals surface area contributed by atoms with Crippen molar-refractivity contribution in [2.75, 3.05) is 20.6 Å². The molecule has 0 spiro atoms. The van der Waals surface area contributed by atoms with Gasteiger partial charge in [0, 0.05) is 36.6 Å². The maximum absolute atomic E-state index is 4.45. The molecule has 0 amide bonds. The first-order valence-electron chi connectivity index (χ1n) is 6.54. The SMILES string of the molecule is CN=C(NCc1nc(C)cs1)N(C)CCc1cccs1. The van der Waals surface area contributed by atoms with Gasteiger partial charge in [-0.2, -0.15) is 0 Å². The van der Waals surface area contributed by atoms with E-state index in [4.69, 9.17) is 0 Å². The molecular weight excluding hydrogens is 288 g/mol. The highest BCUT2D eigenvalue weighted by atomic mass is 32.1. The first-order chi connectivity index (χ1) is 9.69. The molecule has 108 valence electrons. The highest BCUT2D eigenvalue weighted by Crippen LogP contribution is 2.10. The van der Waals surface area contributed by atoms with E-state index in [2.05, 4.69) is 50.1 Å². The van der Waals surface area contributed by atoms with Crippen molar-refractivity contribution >= 4 is 28.6 Å². The van der Waals surface area contributed by atoms with Gasteiger partial charge in [-0.15, -0.1) is 22.7 Å². The van der Waals surface area contributed by atoms with Gasteiger partial charge < -0.3 is 10.2 Å². The van der Waals surface area contributed by atoms with E-state index >= 15 is 0 Å². The average molecular weight is 308 g/mol. The van der Waals surface area contributed by atoms with Crippen LogP contribution in [0, 0.1) is 6.92 Å². The number of rotatable bonds is 5. The Morgan fingerprint density at radius 2 is 2.30 bits per heavy atom. The zero-order valence-corrected chi connectivity index (χ0v) is 13.7. The molecule has 0 saturated carbocycles. The van der Waals surface area contributed by atoms with Crippen molar-refractivity contribution in [2.45, 2.75) is 19.9 Å². The van der Waals surface area contributed by atoms with E-state index in [1.54, 1.807) is 22.7 Å².